The molecule has 3 amide bonds. The van der Waals surface area contributed by atoms with Gasteiger partial charge in [0.2, 0.25) is 6.10 Å². The number of urea groups is 1. The van der Waals surface area contributed by atoms with Gasteiger partial charge < -0.3 is 20.7 Å². The molecular weight excluding hydrogens is 358 g/mol. The van der Waals surface area contributed by atoms with E-state index in [1.54, 1.807) is 47.4 Å². The van der Waals surface area contributed by atoms with E-state index in [2.05, 4.69) is 5.32 Å². The highest BCUT2D eigenvalue weighted by atomic mass is 16.5. The van der Waals surface area contributed by atoms with Crippen LogP contribution in [-0.2, 0) is 9.53 Å². The molecule has 0 saturated carbocycles. The Hall–Kier alpha value is -3.35. The third-order valence-corrected chi connectivity index (χ3v) is 4.59. The van der Waals surface area contributed by atoms with Gasteiger partial charge in [0.25, 0.3) is 5.91 Å². The number of carbonyl (C=O) groups excluding carboxylic acids is 3. The second kappa shape index (κ2) is 9.03. The Balaban J connectivity index is 1.82. The van der Waals surface area contributed by atoms with Crippen molar-refractivity contribution in [1.29, 1.82) is 0 Å². The van der Waals surface area contributed by atoms with Crippen molar-refractivity contribution in [3.8, 4) is 0 Å². The summed E-state index contributed by atoms with van der Waals surface area (Å²) < 4.78 is 5.62. The van der Waals surface area contributed by atoms with Gasteiger partial charge in [0.1, 0.15) is 0 Å². The summed E-state index contributed by atoms with van der Waals surface area (Å²) in [4.78, 5) is 38.5. The highest BCUT2D eigenvalue weighted by Crippen LogP contribution is 2.24. The van der Waals surface area contributed by atoms with E-state index < -0.39 is 18.1 Å². The van der Waals surface area contributed by atoms with Gasteiger partial charge in [0.05, 0.1) is 5.56 Å². The first-order chi connectivity index (χ1) is 13.5. The van der Waals surface area contributed by atoms with Gasteiger partial charge in [-0.1, -0.05) is 36.4 Å². The summed E-state index contributed by atoms with van der Waals surface area (Å²) in [5.74, 6) is -0.863. The summed E-state index contributed by atoms with van der Waals surface area (Å²) in [6.45, 7) is 1.33. The maximum Gasteiger partial charge on any atom is 0.339 e. The molecule has 1 heterocycles. The SMILES string of the molecule is NC(=O)Nc1cccc(C(=O)O[C@@H](C(=O)N2CCCCC2)c2ccccc2)c1. The Kier molecular flexibility index (Phi) is 6.26. The van der Waals surface area contributed by atoms with E-state index in [9.17, 15) is 14.4 Å². The Bertz CT molecular complexity index is 848. The van der Waals surface area contributed by atoms with Crippen molar-refractivity contribution >= 4 is 23.6 Å². The first-order valence-corrected chi connectivity index (χ1v) is 9.26. The summed E-state index contributed by atoms with van der Waals surface area (Å²) in [5, 5.41) is 2.42. The number of hydrogen-bond donors (Lipinski definition) is 2. The molecule has 0 aromatic heterocycles. The monoisotopic (exact) mass is 381 g/mol. The van der Waals surface area contributed by atoms with Gasteiger partial charge >= 0.3 is 12.0 Å². The van der Waals surface area contributed by atoms with Crippen molar-refractivity contribution in [1.82, 2.24) is 4.90 Å². The number of rotatable bonds is 5. The lowest BCUT2D eigenvalue weighted by Gasteiger charge is -2.30. The first-order valence-electron chi connectivity index (χ1n) is 9.26. The van der Waals surface area contributed by atoms with Crippen LogP contribution in [0, 0.1) is 0 Å². The summed E-state index contributed by atoms with van der Waals surface area (Å²) in [6.07, 6.45) is 1.98. The van der Waals surface area contributed by atoms with Crippen LogP contribution in [0.4, 0.5) is 10.5 Å². The summed E-state index contributed by atoms with van der Waals surface area (Å²) >= 11 is 0. The summed E-state index contributed by atoms with van der Waals surface area (Å²) in [7, 11) is 0. The van der Waals surface area contributed by atoms with Crippen LogP contribution in [0.25, 0.3) is 0 Å². The lowest BCUT2D eigenvalue weighted by Crippen LogP contribution is -2.40. The fraction of sp³-hybridized carbons (Fsp3) is 0.286. The number of likely N-dealkylation sites (tertiary alicyclic amines) is 1. The molecule has 2 aromatic rings. The average Bonchev–Trinajstić information content (AvgIpc) is 2.72. The van der Waals surface area contributed by atoms with Crippen LogP contribution in [0.15, 0.2) is 54.6 Å². The van der Waals surface area contributed by atoms with Gasteiger partial charge in [0.15, 0.2) is 0 Å². The molecule has 2 aromatic carbocycles. The van der Waals surface area contributed by atoms with Crippen LogP contribution in [0.5, 0.6) is 0 Å². The van der Waals surface area contributed by atoms with Crippen molar-refractivity contribution in [3.05, 3.63) is 65.7 Å². The zero-order chi connectivity index (χ0) is 19.9. The zero-order valence-corrected chi connectivity index (χ0v) is 15.5. The van der Waals surface area contributed by atoms with Gasteiger partial charge in [0, 0.05) is 24.3 Å². The maximum absolute atomic E-state index is 13.1. The largest absolute Gasteiger partial charge is 0.444 e. The van der Waals surface area contributed by atoms with Crippen LogP contribution < -0.4 is 11.1 Å². The van der Waals surface area contributed by atoms with Crippen LogP contribution >= 0.6 is 0 Å². The number of piperidine rings is 1. The minimum Gasteiger partial charge on any atom is -0.444 e. The number of anilines is 1. The van der Waals surface area contributed by atoms with Crippen LogP contribution in [0.2, 0.25) is 0 Å². The fourth-order valence-electron chi connectivity index (χ4n) is 3.21. The standard InChI is InChI=1S/C21H23N3O4/c22-21(27)23-17-11-7-10-16(14-17)20(26)28-18(15-8-3-1-4-9-15)19(25)24-12-5-2-6-13-24/h1,3-4,7-11,14,18H,2,5-6,12-13H2,(H3,22,23,27)/t18-/m1/s1. The van der Waals surface area contributed by atoms with E-state index in [4.69, 9.17) is 10.5 Å². The normalized spacial score (nSPS) is 14.8. The minimum atomic E-state index is -1.01. The number of primary amides is 1. The molecule has 3 rings (SSSR count). The number of nitrogens with zero attached hydrogens (tertiary/aromatic N) is 1. The van der Waals surface area contributed by atoms with Crippen molar-refractivity contribution in [3.63, 3.8) is 0 Å². The van der Waals surface area contributed by atoms with Gasteiger partial charge in [-0.05, 0) is 37.5 Å². The molecular formula is C21H23N3O4. The van der Waals surface area contributed by atoms with E-state index >= 15 is 0 Å². The van der Waals surface area contributed by atoms with Crippen LogP contribution in [0.3, 0.4) is 0 Å². The third-order valence-electron chi connectivity index (χ3n) is 4.59. The number of carbonyl (C=O) groups is 3. The Labute approximate surface area is 163 Å². The van der Waals surface area contributed by atoms with E-state index in [0.29, 0.717) is 24.3 Å². The molecule has 1 aliphatic heterocycles. The van der Waals surface area contributed by atoms with Crippen molar-refractivity contribution < 1.29 is 19.1 Å². The van der Waals surface area contributed by atoms with Gasteiger partial charge in [-0.3, -0.25) is 4.79 Å². The molecule has 146 valence electrons. The Morgan fingerprint density at radius 2 is 1.68 bits per heavy atom. The molecule has 28 heavy (non-hydrogen) atoms. The highest BCUT2D eigenvalue weighted by Gasteiger charge is 2.30. The predicted octanol–water partition coefficient (Wildman–Crippen LogP) is 3.09. The second-order valence-corrected chi connectivity index (χ2v) is 6.65. The minimum absolute atomic E-state index is 0.217. The van der Waals surface area contributed by atoms with Gasteiger partial charge in [-0.25, -0.2) is 9.59 Å². The fourth-order valence-corrected chi connectivity index (χ4v) is 3.21. The molecule has 0 bridgehead atoms. The smallest absolute Gasteiger partial charge is 0.339 e. The Morgan fingerprint density at radius 1 is 0.964 bits per heavy atom. The Morgan fingerprint density at radius 3 is 2.36 bits per heavy atom. The van der Waals surface area contributed by atoms with Gasteiger partial charge in [-0.15, -0.1) is 0 Å². The van der Waals surface area contributed by atoms with Crippen molar-refractivity contribution in [2.24, 2.45) is 5.73 Å². The predicted molar refractivity (Wildman–Crippen MR) is 105 cm³/mol. The topological polar surface area (TPSA) is 102 Å². The number of ether oxygens (including phenoxy) is 1. The summed E-state index contributed by atoms with van der Waals surface area (Å²) in [6, 6.07) is 14.5. The number of amides is 3. The lowest BCUT2D eigenvalue weighted by atomic mass is 10.1. The van der Waals surface area contributed by atoms with Gasteiger partial charge in [-0.2, -0.15) is 0 Å². The number of hydrogen-bond acceptors (Lipinski definition) is 4. The second-order valence-electron chi connectivity index (χ2n) is 6.65. The van der Waals surface area contributed by atoms with Crippen molar-refractivity contribution in [2.75, 3.05) is 18.4 Å². The van der Waals surface area contributed by atoms with E-state index in [1.807, 2.05) is 6.07 Å². The molecule has 1 saturated heterocycles. The van der Waals surface area contributed by atoms with E-state index in [-0.39, 0.29) is 11.5 Å². The molecule has 1 aliphatic rings. The number of esters is 1. The van der Waals surface area contributed by atoms with Crippen LogP contribution in [-0.4, -0.2) is 35.9 Å². The quantitative estimate of drug-likeness (QED) is 0.777. The number of nitrogens with two attached hydrogens (primary N) is 1. The molecule has 0 unspecified atom stereocenters. The first kappa shape index (κ1) is 19.4. The molecule has 3 N–H and O–H groups in total. The summed E-state index contributed by atoms with van der Waals surface area (Å²) in [5.41, 5.74) is 6.33. The van der Waals surface area contributed by atoms with E-state index in [1.165, 1.54) is 6.07 Å². The molecule has 1 atom stereocenters. The third kappa shape index (κ3) is 4.88. The highest BCUT2D eigenvalue weighted by molar-refractivity contribution is 5.95. The number of benzene rings is 2. The molecule has 0 radical (unpaired) electrons. The van der Waals surface area contributed by atoms with E-state index in [0.717, 1.165) is 19.3 Å². The maximum atomic E-state index is 13.1. The molecule has 7 nitrogen and oxygen atoms in total. The van der Waals surface area contributed by atoms with Crippen LogP contribution in [0.1, 0.15) is 41.3 Å². The average molecular weight is 381 g/mol. The number of nitrogens with one attached hydrogen (secondary N) is 1. The molecule has 0 spiro atoms. The lowest BCUT2D eigenvalue weighted by molar-refractivity contribution is -0.142. The molecule has 0 aliphatic carbocycles. The molecule has 1 fully saturated rings. The van der Waals surface area contributed by atoms with Crippen molar-refractivity contribution in [2.45, 2.75) is 25.4 Å². The zero-order valence-electron chi connectivity index (χ0n) is 15.5. The molecule has 7 heteroatoms.